The Morgan fingerprint density at radius 1 is 1.25 bits per heavy atom. The molecule has 3 unspecified atom stereocenters. The van der Waals surface area contributed by atoms with Gasteiger partial charge in [0.1, 0.15) is 0 Å². The summed E-state index contributed by atoms with van der Waals surface area (Å²) in [5, 5.41) is 3.76. The predicted molar refractivity (Wildman–Crippen MR) is 139 cm³/mol. The van der Waals surface area contributed by atoms with Crippen LogP contribution in [0.25, 0.3) is 0 Å². The molecule has 1 heteroatoms. The standard InChI is InChI=1S/C31H39N/c1-8-10-15-25-18-28(19-25)30(24(5)23(4)13-9-2)31(6,32-7)29-20-26-16-12-11-14-22(3)17-27(26)21-29/h8-10,13,16-17,20,22,30,32H,12,15,18,21H2,1-7H3/b10-8-,13-9-,24-23+,26-16-,27-17-. The summed E-state index contributed by atoms with van der Waals surface area (Å²) in [6.45, 7) is 13.3. The maximum atomic E-state index is 3.76. The number of likely N-dealkylation sites (N-methyl/N-ethyl adjacent to an activating group) is 1. The molecular weight excluding hydrogens is 386 g/mol. The highest BCUT2D eigenvalue weighted by Crippen LogP contribution is 2.47. The van der Waals surface area contributed by atoms with Gasteiger partial charge in [0.15, 0.2) is 0 Å². The van der Waals surface area contributed by atoms with E-state index in [1.165, 1.54) is 39.0 Å². The van der Waals surface area contributed by atoms with Crippen LogP contribution in [0.3, 0.4) is 0 Å². The van der Waals surface area contributed by atoms with Gasteiger partial charge in [-0.2, -0.15) is 0 Å². The van der Waals surface area contributed by atoms with Crippen LogP contribution in [0.2, 0.25) is 0 Å². The molecule has 3 aliphatic rings. The van der Waals surface area contributed by atoms with E-state index >= 15 is 0 Å². The van der Waals surface area contributed by atoms with Crippen molar-refractivity contribution in [2.75, 3.05) is 7.05 Å². The van der Waals surface area contributed by atoms with Crippen LogP contribution in [-0.2, 0) is 0 Å². The first-order valence-corrected chi connectivity index (χ1v) is 12.0. The van der Waals surface area contributed by atoms with Gasteiger partial charge in [-0.3, -0.25) is 0 Å². The normalized spacial score (nSPS) is 27.1. The number of hydrogen-bond donors (Lipinski definition) is 1. The lowest BCUT2D eigenvalue weighted by Gasteiger charge is -2.43. The topological polar surface area (TPSA) is 12.0 Å². The molecule has 0 radical (unpaired) electrons. The second-order valence-corrected chi connectivity index (χ2v) is 9.47. The van der Waals surface area contributed by atoms with Gasteiger partial charge in [-0.05, 0) is 89.3 Å². The van der Waals surface area contributed by atoms with Crippen LogP contribution in [0.15, 0.2) is 87.3 Å². The summed E-state index contributed by atoms with van der Waals surface area (Å²) in [6.07, 6.45) is 19.7. The first kappa shape index (κ1) is 24.1. The van der Waals surface area contributed by atoms with E-state index in [0.29, 0.717) is 5.92 Å². The summed E-state index contributed by atoms with van der Waals surface area (Å²) in [7, 11) is 2.12. The van der Waals surface area contributed by atoms with Crippen LogP contribution >= 0.6 is 0 Å². The Morgan fingerprint density at radius 2 is 2.00 bits per heavy atom. The number of fused-ring (bicyclic) bond motifs is 1. The Morgan fingerprint density at radius 3 is 2.66 bits per heavy atom. The largest absolute Gasteiger partial charge is 0.310 e. The molecule has 0 heterocycles. The zero-order valence-corrected chi connectivity index (χ0v) is 21.0. The van der Waals surface area contributed by atoms with E-state index in [-0.39, 0.29) is 11.5 Å². The molecule has 3 aliphatic carbocycles. The summed E-state index contributed by atoms with van der Waals surface area (Å²) >= 11 is 0. The van der Waals surface area contributed by atoms with Gasteiger partial charge in [-0.15, -0.1) is 5.73 Å². The first-order chi connectivity index (χ1) is 15.3. The third-order valence-electron chi connectivity index (χ3n) is 7.21. The summed E-state index contributed by atoms with van der Waals surface area (Å²) < 4.78 is 0. The average molecular weight is 426 g/mol. The first-order valence-electron chi connectivity index (χ1n) is 12.0. The van der Waals surface area contributed by atoms with E-state index < -0.39 is 0 Å². The maximum Gasteiger partial charge on any atom is 0.0479 e. The van der Waals surface area contributed by atoms with Crippen molar-refractivity contribution in [3.63, 3.8) is 0 Å². The lowest BCUT2D eigenvalue weighted by Crippen LogP contribution is -2.50. The van der Waals surface area contributed by atoms with Crippen LogP contribution in [0.5, 0.6) is 0 Å². The second kappa shape index (κ2) is 10.4. The predicted octanol–water partition coefficient (Wildman–Crippen LogP) is 7.54. The zero-order valence-electron chi connectivity index (χ0n) is 21.0. The number of nitrogens with one attached hydrogen (secondary N) is 1. The quantitative estimate of drug-likeness (QED) is 0.183. The lowest BCUT2D eigenvalue weighted by molar-refractivity contribution is 0.352. The number of rotatable bonds is 8. The van der Waals surface area contributed by atoms with Crippen LogP contribution in [-0.4, -0.2) is 12.6 Å². The molecule has 0 spiro atoms. The lowest BCUT2D eigenvalue weighted by atomic mass is 9.67. The highest BCUT2D eigenvalue weighted by molar-refractivity contribution is 5.56. The fourth-order valence-electron chi connectivity index (χ4n) is 5.18. The Bertz CT molecular complexity index is 1060. The molecule has 0 bridgehead atoms. The second-order valence-electron chi connectivity index (χ2n) is 9.47. The van der Waals surface area contributed by atoms with E-state index in [0.717, 1.165) is 25.7 Å². The molecule has 0 saturated carbocycles. The van der Waals surface area contributed by atoms with Crippen molar-refractivity contribution in [1.82, 2.24) is 5.32 Å². The molecule has 1 N–H and O–H groups in total. The van der Waals surface area contributed by atoms with Gasteiger partial charge in [-0.25, -0.2) is 0 Å². The molecule has 3 rings (SSSR count). The molecule has 168 valence electrons. The third-order valence-corrected chi connectivity index (χ3v) is 7.21. The van der Waals surface area contributed by atoms with E-state index in [1.807, 2.05) is 0 Å². The van der Waals surface area contributed by atoms with Crippen molar-refractivity contribution in [3.8, 4) is 11.8 Å². The smallest absolute Gasteiger partial charge is 0.0479 e. The fraction of sp³-hybridized carbons (Fsp3) is 0.452. The van der Waals surface area contributed by atoms with Crippen molar-refractivity contribution in [3.05, 3.63) is 87.3 Å². The molecule has 32 heavy (non-hydrogen) atoms. The van der Waals surface area contributed by atoms with Crippen molar-refractivity contribution in [1.29, 1.82) is 0 Å². The fourth-order valence-corrected chi connectivity index (χ4v) is 5.18. The van der Waals surface area contributed by atoms with Crippen molar-refractivity contribution in [2.24, 2.45) is 11.8 Å². The monoisotopic (exact) mass is 425 g/mol. The summed E-state index contributed by atoms with van der Waals surface area (Å²) in [4.78, 5) is 0. The number of hydrogen-bond acceptors (Lipinski definition) is 1. The van der Waals surface area contributed by atoms with Crippen LogP contribution in [0.4, 0.5) is 0 Å². The Hall–Kier alpha value is -2.52. The van der Waals surface area contributed by atoms with Crippen LogP contribution < -0.4 is 5.32 Å². The minimum atomic E-state index is -0.172. The van der Waals surface area contributed by atoms with E-state index in [2.05, 4.69) is 114 Å². The molecule has 0 saturated heterocycles. The molecule has 3 atom stereocenters. The number of allylic oxidation sites excluding steroid dienone is 10. The molecule has 1 nitrogen and oxygen atoms in total. The Balaban J connectivity index is 2.09. The molecule has 0 aromatic heterocycles. The molecular formula is C31H39N. The van der Waals surface area contributed by atoms with Crippen molar-refractivity contribution < 1.29 is 0 Å². The SMILES string of the molecule is C/C=C\CC1=C=C(C(/C(C)=C(C)/C=C\C)C(C)(NC)C2=CC3=C/CC#CC(C)/C=C\3C2)C1. The highest BCUT2D eigenvalue weighted by atomic mass is 14.9. The maximum absolute atomic E-state index is 3.76. The highest BCUT2D eigenvalue weighted by Gasteiger charge is 2.43. The molecule has 0 aliphatic heterocycles. The van der Waals surface area contributed by atoms with Crippen LogP contribution in [0, 0.1) is 23.7 Å². The summed E-state index contributed by atoms with van der Waals surface area (Å²) in [5.74, 6) is 7.23. The molecule has 0 amide bonds. The molecule has 0 aromatic rings. The van der Waals surface area contributed by atoms with Crippen LogP contribution in [0.1, 0.15) is 67.2 Å². The van der Waals surface area contributed by atoms with Gasteiger partial charge in [0.25, 0.3) is 0 Å². The van der Waals surface area contributed by atoms with Gasteiger partial charge >= 0.3 is 0 Å². The zero-order chi connectivity index (χ0) is 23.3. The average Bonchev–Trinajstić information content (AvgIpc) is 3.12. The van der Waals surface area contributed by atoms with Gasteiger partial charge in [0.05, 0.1) is 0 Å². The van der Waals surface area contributed by atoms with E-state index in [1.54, 1.807) is 0 Å². The molecule has 0 aromatic carbocycles. The molecule has 0 fully saturated rings. The van der Waals surface area contributed by atoms with Gasteiger partial charge in [0, 0.05) is 30.2 Å². The van der Waals surface area contributed by atoms with Gasteiger partial charge < -0.3 is 5.32 Å². The Labute approximate surface area is 196 Å². The van der Waals surface area contributed by atoms with Crippen molar-refractivity contribution >= 4 is 0 Å². The minimum absolute atomic E-state index is 0.172. The van der Waals surface area contributed by atoms with Gasteiger partial charge in [-0.1, -0.05) is 65.5 Å². The minimum Gasteiger partial charge on any atom is -0.310 e. The van der Waals surface area contributed by atoms with Crippen molar-refractivity contribution in [2.45, 2.75) is 72.8 Å². The van der Waals surface area contributed by atoms with E-state index in [9.17, 15) is 0 Å². The summed E-state index contributed by atoms with van der Waals surface area (Å²) in [6, 6.07) is 0. The van der Waals surface area contributed by atoms with Gasteiger partial charge in [0.2, 0.25) is 0 Å². The third kappa shape index (κ3) is 4.94. The summed E-state index contributed by atoms with van der Waals surface area (Å²) in [5.41, 5.74) is 13.4. The Kier molecular flexibility index (Phi) is 7.84. The van der Waals surface area contributed by atoms with E-state index in [4.69, 9.17) is 0 Å².